The van der Waals surface area contributed by atoms with Gasteiger partial charge in [-0.2, -0.15) is 11.8 Å². The third kappa shape index (κ3) is 6.19. The predicted octanol–water partition coefficient (Wildman–Crippen LogP) is 4.91. The Kier molecular flexibility index (Phi) is 7.71. The molecule has 0 aliphatic carbocycles. The highest BCUT2D eigenvalue weighted by atomic mass is 79.9. The van der Waals surface area contributed by atoms with Crippen LogP contribution in [0.3, 0.4) is 0 Å². The lowest BCUT2D eigenvalue weighted by atomic mass is 10.1. The summed E-state index contributed by atoms with van der Waals surface area (Å²) in [7, 11) is 0. The average Bonchev–Trinajstić information content (AvgIpc) is 2.69. The van der Waals surface area contributed by atoms with Gasteiger partial charge in [0.05, 0.1) is 0 Å². The van der Waals surface area contributed by atoms with Gasteiger partial charge >= 0.3 is 0 Å². The summed E-state index contributed by atoms with van der Waals surface area (Å²) in [6.07, 6.45) is 0.388. The van der Waals surface area contributed by atoms with E-state index in [-0.39, 0.29) is 24.5 Å². The molecule has 148 valence electrons. The van der Waals surface area contributed by atoms with Crippen LogP contribution in [0.25, 0.3) is 0 Å². The molecule has 2 aromatic carbocycles. The number of ketones is 1. The van der Waals surface area contributed by atoms with E-state index in [0.29, 0.717) is 5.56 Å². The summed E-state index contributed by atoms with van der Waals surface area (Å²) < 4.78 is 0.930. The zero-order chi connectivity index (χ0) is 19.9. The largest absolute Gasteiger partial charge is 0.326 e. The average molecular weight is 461 g/mol. The molecule has 1 fully saturated rings. The second kappa shape index (κ2) is 10.2. The minimum Gasteiger partial charge on any atom is -0.326 e. The molecule has 0 radical (unpaired) electrons. The number of aryl methyl sites for hydroxylation is 1. The van der Waals surface area contributed by atoms with Gasteiger partial charge in [0, 0.05) is 59.7 Å². The highest BCUT2D eigenvalue weighted by Gasteiger charge is 2.13. The maximum absolute atomic E-state index is 12.3. The number of nitrogens with zero attached hydrogens (tertiary/aromatic N) is 1. The minimum absolute atomic E-state index is 0.0191. The molecule has 1 aliphatic rings. The Morgan fingerprint density at radius 3 is 2.46 bits per heavy atom. The summed E-state index contributed by atoms with van der Waals surface area (Å²) in [5.74, 6) is 2.25. The van der Waals surface area contributed by atoms with Crippen molar-refractivity contribution in [1.29, 1.82) is 0 Å². The highest BCUT2D eigenvalue weighted by Crippen LogP contribution is 2.20. The van der Waals surface area contributed by atoms with E-state index in [9.17, 15) is 9.59 Å². The van der Waals surface area contributed by atoms with E-state index in [1.165, 1.54) is 17.1 Å². The Morgan fingerprint density at radius 2 is 1.79 bits per heavy atom. The van der Waals surface area contributed by atoms with Crippen LogP contribution >= 0.6 is 27.7 Å². The fourth-order valence-electron chi connectivity index (χ4n) is 3.20. The van der Waals surface area contributed by atoms with Crippen LogP contribution in [0.4, 0.5) is 5.69 Å². The summed E-state index contributed by atoms with van der Waals surface area (Å²) in [4.78, 5) is 27.0. The number of benzene rings is 2. The Balaban J connectivity index is 1.50. The number of halogens is 1. The quantitative estimate of drug-likeness (QED) is 0.596. The van der Waals surface area contributed by atoms with Gasteiger partial charge in [0.25, 0.3) is 0 Å². The molecule has 0 bridgehead atoms. The second-order valence-corrected chi connectivity index (χ2v) is 9.16. The summed E-state index contributed by atoms with van der Waals surface area (Å²) in [6, 6.07) is 13.4. The lowest BCUT2D eigenvalue weighted by Gasteiger charge is -2.26. The van der Waals surface area contributed by atoms with Crippen LogP contribution in [0.1, 0.15) is 34.3 Å². The van der Waals surface area contributed by atoms with E-state index in [4.69, 9.17) is 0 Å². The van der Waals surface area contributed by atoms with Crippen LogP contribution in [0, 0.1) is 6.92 Å². The van der Waals surface area contributed by atoms with E-state index in [0.717, 1.165) is 35.4 Å². The Bertz CT molecular complexity index is 833. The number of hydrogen-bond donors (Lipinski definition) is 1. The van der Waals surface area contributed by atoms with Crippen molar-refractivity contribution in [3.05, 3.63) is 63.6 Å². The summed E-state index contributed by atoms with van der Waals surface area (Å²) in [6.45, 7) is 5.23. The molecule has 1 aliphatic heterocycles. The molecular weight excluding hydrogens is 436 g/mol. The third-order valence-corrected chi connectivity index (χ3v) is 6.29. The molecule has 0 unspecified atom stereocenters. The van der Waals surface area contributed by atoms with Gasteiger partial charge in [-0.05, 0) is 36.2 Å². The molecule has 1 amide bonds. The fraction of sp³-hybridized carbons (Fsp3) is 0.364. The first-order valence-electron chi connectivity index (χ1n) is 9.49. The molecule has 4 nitrogen and oxygen atoms in total. The standard InChI is InChI=1S/C22H25BrN2O2S/c1-16-14-17(15-25-10-12-28-13-11-25)2-7-20(16)24-22(27)9-8-21(26)18-3-5-19(23)6-4-18/h2-7,14H,8-13,15H2,1H3,(H,24,27). The van der Waals surface area contributed by atoms with Crippen LogP contribution in [0.15, 0.2) is 46.9 Å². The topological polar surface area (TPSA) is 49.4 Å². The van der Waals surface area contributed by atoms with Crippen molar-refractivity contribution >= 4 is 45.1 Å². The van der Waals surface area contributed by atoms with Crippen molar-refractivity contribution in [3.8, 4) is 0 Å². The Morgan fingerprint density at radius 1 is 1.07 bits per heavy atom. The first kappa shape index (κ1) is 21.1. The zero-order valence-electron chi connectivity index (χ0n) is 16.0. The summed E-state index contributed by atoms with van der Waals surface area (Å²) >= 11 is 5.37. The van der Waals surface area contributed by atoms with Gasteiger partial charge in [-0.25, -0.2) is 0 Å². The maximum atomic E-state index is 12.3. The van der Waals surface area contributed by atoms with Gasteiger partial charge in [0.2, 0.25) is 5.91 Å². The van der Waals surface area contributed by atoms with Gasteiger partial charge in [0.15, 0.2) is 5.78 Å². The number of nitrogens with one attached hydrogen (secondary N) is 1. The molecule has 0 spiro atoms. The van der Waals surface area contributed by atoms with Crippen LogP contribution in [-0.2, 0) is 11.3 Å². The molecule has 1 heterocycles. The molecule has 3 rings (SSSR count). The normalized spacial score (nSPS) is 14.6. The predicted molar refractivity (Wildman–Crippen MR) is 120 cm³/mol. The van der Waals surface area contributed by atoms with Gasteiger partial charge < -0.3 is 5.32 Å². The smallest absolute Gasteiger partial charge is 0.224 e. The van der Waals surface area contributed by atoms with Crippen LogP contribution in [-0.4, -0.2) is 41.2 Å². The molecule has 1 saturated heterocycles. The number of carbonyl (C=O) groups is 2. The lowest BCUT2D eigenvalue weighted by Crippen LogP contribution is -2.31. The number of hydrogen-bond acceptors (Lipinski definition) is 4. The third-order valence-electron chi connectivity index (χ3n) is 4.82. The maximum Gasteiger partial charge on any atom is 0.224 e. The number of anilines is 1. The summed E-state index contributed by atoms with van der Waals surface area (Å²) in [5.41, 5.74) is 3.77. The van der Waals surface area contributed by atoms with Crippen molar-refractivity contribution in [3.63, 3.8) is 0 Å². The molecule has 28 heavy (non-hydrogen) atoms. The van der Waals surface area contributed by atoms with Crippen molar-refractivity contribution in [2.24, 2.45) is 0 Å². The number of thioether (sulfide) groups is 1. The molecular formula is C22H25BrN2O2S. The van der Waals surface area contributed by atoms with E-state index in [1.54, 1.807) is 12.1 Å². The molecule has 1 N–H and O–H groups in total. The van der Waals surface area contributed by atoms with Crippen LogP contribution in [0.2, 0.25) is 0 Å². The van der Waals surface area contributed by atoms with E-state index >= 15 is 0 Å². The van der Waals surface area contributed by atoms with Crippen molar-refractivity contribution in [2.45, 2.75) is 26.3 Å². The molecule has 2 aromatic rings. The molecule has 0 saturated carbocycles. The second-order valence-electron chi connectivity index (χ2n) is 7.02. The van der Waals surface area contributed by atoms with Crippen molar-refractivity contribution in [2.75, 3.05) is 29.9 Å². The van der Waals surface area contributed by atoms with E-state index < -0.39 is 0 Å². The SMILES string of the molecule is Cc1cc(CN2CCSCC2)ccc1NC(=O)CCC(=O)c1ccc(Br)cc1. The van der Waals surface area contributed by atoms with E-state index in [1.807, 2.05) is 36.9 Å². The van der Waals surface area contributed by atoms with Gasteiger partial charge in [-0.15, -0.1) is 0 Å². The number of rotatable bonds is 7. The lowest BCUT2D eigenvalue weighted by molar-refractivity contribution is -0.116. The Hall–Kier alpha value is -1.63. The Labute approximate surface area is 179 Å². The first-order chi connectivity index (χ1) is 13.5. The number of Topliss-reactive ketones (excluding diaryl/α,β-unsaturated/α-hetero) is 1. The van der Waals surface area contributed by atoms with Crippen molar-refractivity contribution < 1.29 is 9.59 Å². The molecule has 0 atom stereocenters. The number of amides is 1. The molecule has 6 heteroatoms. The molecule has 0 aromatic heterocycles. The fourth-order valence-corrected chi connectivity index (χ4v) is 4.44. The van der Waals surface area contributed by atoms with Gasteiger partial charge in [-0.1, -0.05) is 40.2 Å². The van der Waals surface area contributed by atoms with Crippen LogP contribution < -0.4 is 5.32 Å². The first-order valence-corrected chi connectivity index (χ1v) is 11.4. The van der Waals surface area contributed by atoms with E-state index in [2.05, 4.69) is 38.3 Å². The van der Waals surface area contributed by atoms with Gasteiger partial charge in [0.1, 0.15) is 0 Å². The minimum atomic E-state index is -0.130. The van der Waals surface area contributed by atoms with Gasteiger partial charge in [-0.3, -0.25) is 14.5 Å². The monoisotopic (exact) mass is 460 g/mol. The van der Waals surface area contributed by atoms with Crippen LogP contribution in [0.5, 0.6) is 0 Å². The summed E-state index contributed by atoms with van der Waals surface area (Å²) in [5, 5.41) is 2.94. The number of carbonyl (C=O) groups excluding carboxylic acids is 2. The zero-order valence-corrected chi connectivity index (χ0v) is 18.4. The van der Waals surface area contributed by atoms with Crippen molar-refractivity contribution in [1.82, 2.24) is 4.90 Å². The highest BCUT2D eigenvalue weighted by molar-refractivity contribution is 9.10.